The Bertz CT molecular complexity index is 1480. The smallest absolute Gasteiger partial charge is 0.395 e. The Morgan fingerprint density at radius 1 is 0.947 bits per heavy atom. The third kappa shape index (κ3) is 5.59. The number of aromatic nitrogens is 6. The van der Waals surface area contributed by atoms with E-state index >= 15 is 0 Å². The molecule has 0 saturated heterocycles. The zero-order valence-electron chi connectivity index (χ0n) is 19.2. The number of fused-ring (bicyclic) bond motifs is 1. The summed E-state index contributed by atoms with van der Waals surface area (Å²) < 4.78 is 79.5. The van der Waals surface area contributed by atoms with Crippen LogP contribution in [-0.4, -0.2) is 66.0 Å². The van der Waals surface area contributed by atoms with Crippen molar-refractivity contribution in [2.24, 2.45) is 0 Å². The number of halogens is 6. The number of hydrogen-bond acceptors (Lipinski definition) is 9. The maximum atomic E-state index is 13.7. The summed E-state index contributed by atoms with van der Waals surface area (Å²) in [5.74, 6) is -0.917. The van der Waals surface area contributed by atoms with Crippen LogP contribution >= 0.6 is 0 Å². The number of aliphatic hydroxyl groups is 1. The van der Waals surface area contributed by atoms with Crippen molar-refractivity contribution in [2.75, 3.05) is 25.5 Å². The second-order valence-corrected chi connectivity index (χ2v) is 7.74. The van der Waals surface area contributed by atoms with Gasteiger partial charge in [-0.05, 0) is 18.2 Å². The number of rotatable bonds is 6. The summed E-state index contributed by atoms with van der Waals surface area (Å²) in [6.45, 7) is -0.416. The zero-order chi connectivity index (χ0) is 27.7. The molecule has 0 saturated carbocycles. The van der Waals surface area contributed by atoms with E-state index in [1.165, 1.54) is 19.3 Å². The fourth-order valence-electron chi connectivity index (χ4n) is 3.24. The summed E-state index contributed by atoms with van der Waals surface area (Å²) in [5.41, 5.74) is -3.42. The van der Waals surface area contributed by atoms with E-state index in [9.17, 15) is 31.1 Å². The molecule has 0 radical (unpaired) electrons. The fourth-order valence-corrected chi connectivity index (χ4v) is 3.24. The molecule has 0 bridgehead atoms. The van der Waals surface area contributed by atoms with Gasteiger partial charge in [0.1, 0.15) is 22.6 Å². The van der Waals surface area contributed by atoms with Crippen molar-refractivity contribution in [1.82, 2.24) is 34.8 Å². The molecule has 4 heterocycles. The van der Waals surface area contributed by atoms with E-state index in [1.54, 1.807) is 0 Å². The lowest BCUT2D eigenvalue weighted by atomic mass is 10.1. The van der Waals surface area contributed by atoms with Gasteiger partial charge in [0.25, 0.3) is 5.91 Å². The van der Waals surface area contributed by atoms with E-state index < -0.39 is 35.1 Å². The minimum absolute atomic E-state index is 0.0585. The fraction of sp³-hybridized carbons (Fsp3) is 0.227. The van der Waals surface area contributed by atoms with Crippen LogP contribution in [0.2, 0.25) is 0 Å². The number of anilines is 2. The van der Waals surface area contributed by atoms with Crippen LogP contribution in [0.25, 0.3) is 22.6 Å². The van der Waals surface area contributed by atoms with Crippen molar-refractivity contribution in [1.29, 1.82) is 0 Å². The molecule has 4 aromatic rings. The molecule has 2 N–H and O–H groups in total. The zero-order valence-corrected chi connectivity index (χ0v) is 19.2. The van der Waals surface area contributed by atoms with Gasteiger partial charge in [-0.2, -0.15) is 26.3 Å². The predicted octanol–water partition coefficient (Wildman–Crippen LogP) is 3.72. The number of nitrogens with zero attached hydrogens (tertiary/aromatic N) is 7. The van der Waals surface area contributed by atoms with E-state index in [-0.39, 0.29) is 47.3 Å². The van der Waals surface area contributed by atoms with Crippen LogP contribution < -0.4 is 5.32 Å². The number of carbonyl (C=O) groups excluding carboxylic acids is 1. The Kier molecular flexibility index (Phi) is 7.08. The Balaban J connectivity index is 1.73. The van der Waals surface area contributed by atoms with Gasteiger partial charge in [-0.1, -0.05) is 0 Å². The van der Waals surface area contributed by atoms with E-state index in [2.05, 4.69) is 35.2 Å². The summed E-state index contributed by atoms with van der Waals surface area (Å²) in [6, 6.07) is 3.01. The van der Waals surface area contributed by atoms with Crippen LogP contribution in [-0.2, 0) is 12.4 Å². The molecule has 0 unspecified atom stereocenters. The molecule has 16 heteroatoms. The summed E-state index contributed by atoms with van der Waals surface area (Å²) in [5, 5.41) is 11.7. The molecule has 38 heavy (non-hydrogen) atoms. The molecule has 0 aliphatic carbocycles. The summed E-state index contributed by atoms with van der Waals surface area (Å²) in [4.78, 5) is 37.0. The van der Waals surface area contributed by atoms with Crippen molar-refractivity contribution in [3.63, 3.8) is 0 Å². The second kappa shape index (κ2) is 10.1. The van der Waals surface area contributed by atoms with Crippen molar-refractivity contribution >= 4 is 28.7 Å². The summed E-state index contributed by atoms with van der Waals surface area (Å²) in [7, 11) is 1.35. The minimum Gasteiger partial charge on any atom is -0.395 e. The van der Waals surface area contributed by atoms with Crippen LogP contribution in [0.3, 0.4) is 0 Å². The van der Waals surface area contributed by atoms with Crippen molar-refractivity contribution in [3.8, 4) is 11.4 Å². The molecule has 0 aliphatic rings. The Labute approximate surface area is 209 Å². The van der Waals surface area contributed by atoms with Crippen molar-refractivity contribution in [2.45, 2.75) is 12.4 Å². The number of likely N-dealkylation sites (N-methyl/N-ethyl adjacent to an activating group) is 1. The first-order valence-corrected chi connectivity index (χ1v) is 10.6. The van der Waals surface area contributed by atoms with Gasteiger partial charge in [0.15, 0.2) is 5.65 Å². The number of aliphatic hydroxyl groups excluding tert-OH is 1. The SMILES string of the molecule is CN(CCO)C(=O)c1ccc(C(F)(F)F)c(-c2cnc3c(Nc4ncc(C(F)(F)F)cn4)ccnc3n2)n1. The van der Waals surface area contributed by atoms with E-state index in [4.69, 9.17) is 5.11 Å². The quantitative estimate of drug-likeness (QED) is 0.353. The van der Waals surface area contributed by atoms with Crippen LogP contribution in [0.4, 0.5) is 38.0 Å². The van der Waals surface area contributed by atoms with Gasteiger partial charge in [0, 0.05) is 32.2 Å². The first kappa shape index (κ1) is 26.6. The monoisotopic (exact) mass is 538 g/mol. The van der Waals surface area contributed by atoms with Gasteiger partial charge < -0.3 is 15.3 Å². The highest BCUT2D eigenvalue weighted by Gasteiger charge is 2.36. The van der Waals surface area contributed by atoms with Gasteiger partial charge in [-0.15, -0.1) is 0 Å². The van der Waals surface area contributed by atoms with Crippen LogP contribution in [0.5, 0.6) is 0 Å². The van der Waals surface area contributed by atoms with Crippen molar-refractivity contribution in [3.05, 3.63) is 59.8 Å². The van der Waals surface area contributed by atoms with Gasteiger partial charge in [0.2, 0.25) is 5.95 Å². The Hall–Kier alpha value is -4.47. The van der Waals surface area contributed by atoms with Crippen LogP contribution in [0, 0.1) is 0 Å². The van der Waals surface area contributed by atoms with Crippen molar-refractivity contribution < 1.29 is 36.2 Å². The number of amides is 1. The lowest BCUT2D eigenvalue weighted by Crippen LogP contribution is -2.30. The second-order valence-electron chi connectivity index (χ2n) is 7.74. The highest BCUT2D eigenvalue weighted by Crippen LogP contribution is 2.36. The maximum absolute atomic E-state index is 13.7. The lowest BCUT2D eigenvalue weighted by Gasteiger charge is -2.17. The highest BCUT2D eigenvalue weighted by atomic mass is 19.4. The molecule has 0 fully saturated rings. The molecule has 1 amide bonds. The molecular weight excluding hydrogens is 522 g/mol. The molecule has 0 spiro atoms. The standard InChI is InChI=1S/C22H16F6N8O2/c1-36(6-7-37)19(38)14-3-2-12(22(26,27)28)16(33-14)15-10-30-17-13(4-5-29-18(17)34-15)35-20-31-8-11(9-32-20)21(23,24)25/h2-5,8-10,37H,6-7H2,1H3,(H,29,31,32,34,35). The Morgan fingerprint density at radius 2 is 1.66 bits per heavy atom. The number of carbonyl (C=O) groups is 1. The third-order valence-electron chi connectivity index (χ3n) is 5.12. The molecule has 0 atom stereocenters. The van der Waals surface area contributed by atoms with Gasteiger partial charge in [-0.3, -0.25) is 4.79 Å². The summed E-state index contributed by atoms with van der Waals surface area (Å²) in [6.07, 6.45) is -6.06. The largest absolute Gasteiger partial charge is 0.419 e. The topological polar surface area (TPSA) is 130 Å². The normalized spacial score (nSPS) is 12.0. The van der Waals surface area contributed by atoms with Gasteiger partial charge >= 0.3 is 12.4 Å². The first-order valence-electron chi connectivity index (χ1n) is 10.6. The highest BCUT2D eigenvalue weighted by molar-refractivity contribution is 5.93. The minimum atomic E-state index is -4.84. The lowest BCUT2D eigenvalue weighted by molar-refractivity contribution is -0.138. The van der Waals surface area contributed by atoms with E-state index in [1.807, 2.05) is 0 Å². The molecule has 0 aromatic carbocycles. The first-order chi connectivity index (χ1) is 17.9. The molecule has 4 rings (SSSR count). The molecule has 10 nitrogen and oxygen atoms in total. The Morgan fingerprint density at radius 3 is 2.29 bits per heavy atom. The van der Waals surface area contributed by atoms with Crippen LogP contribution in [0.1, 0.15) is 21.6 Å². The van der Waals surface area contributed by atoms with Gasteiger partial charge in [-0.25, -0.2) is 29.9 Å². The average molecular weight is 538 g/mol. The molecule has 198 valence electrons. The maximum Gasteiger partial charge on any atom is 0.419 e. The van der Waals surface area contributed by atoms with E-state index in [0.717, 1.165) is 17.2 Å². The molecular formula is C22H16F6N8O2. The average Bonchev–Trinajstić information content (AvgIpc) is 2.87. The summed E-state index contributed by atoms with van der Waals surface area (Å²) >= 11 is 0. The number of hydrogen-bond donors (Lipinski definition) is 2. The van der Waals surface area contributed by atoms with Crippen LogP contribution in [0.15, 0.2) is 43.0 Å². The van der Waals surface area contributed by atoms with E-state index in [0.29, 0.717) is 18.5 Å². The predicted molar refractivity (Wildman–Crippen MR) is 120 cm³/mol. The third-order valence-corrected chi connectivity index (χ3v) is 5.12. The number of pyridine rings is 2. The molecule has 0 aliphatic heterocycles. The number of alkyl halides is 6. The number of nitrogens with one attached hydrogen (secondary N) is 1. The van der Waals surface area contributed by atoms with Gasteiger partial charge in [0.05, 0.1) is 29.6 Å². The molecule has 4 aromatic heterocycles.